The Bertz CT molecular complexity index is 31.5. The van der Waals surface area contributed by atoms with Crippen LogP contribution in [0.15, 0.2) is 0 Å². The number of hydrogen-bond acceptors (Lipinski definition) is 2. The molecule has 0 aliphatic carbocycles. The van der Waals surface area contributed by atoms with Crippen molar-refractivity contribution in [1.82, 2.24) is 0 Å². The van der Waals surface area contributed by atoms with E-state index in [1.807, 2.05) is 0 Å². The quantitative estimate of drug-likeness (QED) is 0.243. The van der Waals surface area contributed by atoms with E-state index in [4.69, 9.17) is 15.3 Å². The van der Waals surface area contributed by atoms with Crippen LogP contribution in [0.5, 0.6) is 0 Å². The minimum absolute atomic E-state index is 0. The fourth-order valence-electron chi connectivity index (χ4n) is 0. The van der Waals surface area contributed by atoms with Crippen molar-refractivity contribution in [3.63, 3.8) is 0 Å². The second kappa shape index (κ2) is 29.8. The molecule has 0 amide bonds. The molecule has 0 unspecified atom stereocenters. The van der Waals surface area contributed by atoms with E-state index in [2.05, 4.69) is 0 Å². The van der Waals surface area contributed by atoms with Gasteiger partial charge in [-0.2, -0.15) is 0 Å². The Hall–Kier alpha value is -0.297. The molecule has 8 heavy (non-hydrogen) atoms. The molecule has 0 rings (SSSR count). The molecule has 7 nitrogen and oxygen atoms in total. The fraction of sp³-hybridized carbons (Fsp3) is 0. The maximum Gasteiger partial charge on any atom is 0.291 e. The van der Waals surface area contributed by atoms with E-state index in [0.717, 1.165) is 0 Å². The minimum atomic E-state index is -1.50. The first-order valence-corrected chi connectivity index (χ1v) is 0.565. The van der Waals surface area contributed by atoms with Crippen molar-refractivity contribution in [2.75, 3.05) is 0 Å². The maximum absolute atomic E-state index is 8.36. The van der Waals surface area contributed by atoms with Gasteiger partial charge in [0.15, 0.2) is 0 Å². The molecular weight excluding hydrogens is 175 g/mol. The third kappa shape index (κ3) is 1430. The Morgan fingerprint density at radius 2 is 1.25 bits per heavy atom. The van der Waals surface area contributed by atoms with Gasteiger partial charge in [-0.1, -0.05) is 0 Å². The third-order valence-electron chi connectivity index (χ3n) is 0. The van der Waals surface area contributed by atoms with Gasteiger partial charge in [-0.25, -0.2) is 0 Å². The first-order chi connectivity index (χ1) is 1.73. The summed E-state index contributed by atoms with van der Waals surface area (Å²) in [5, 5.41) is 13.6. The SMILES string of the molecule is O.O.O.O=[N+]([O-])O.[Zn]. The summed E-state index contributed by atoms with van der Waals surface area (Å²) in [5.41, 5.74) is 0. The smallest absolute Gasteiger partial charge is 0.291 e. The van der Waals surface area contributed by atoms with Crippen molar-refractivity contribution in [3.8, 4) is 0 Å². The maximum atomic E-state index is 8.36. The van der Waals surface area contributed by atoms with Crippen LogP contribution in [0.25, 0.3) is 0 Å². The zero-order valence-corrected chi connectivity index (χ0v) is 6.89. The fourth-order valence-corrected chi connectivity index (χ4v) is 0. The molecule has 0 saturated heterocycles. The molecule has 0 bridgehead atoms. The predicted octanol–water partition coefficient (Wildman–Crippen LogP) is -2.82. The molecule has 0 radical (unpaired) electrons. The summed E-state index contributed by atoms with van der Waals surface area (Å²) in [5.74, 6) is 0. The van der Waals surface area contributed by atoms with Gasteiger partial charge < -0.3 is 21.6 Å². The van der Waals surface area contributed by atoms with Crippen LogP contribution in [-0.2, 0) is 19.5 Å². The predicted molar refractivity (Wildman–Crippen MR) is 19.6 cm³/mol. The molecule has 0 heterocycles. The summed E-state index contributed by atoms with van der Waals surface area (Å²) in [6, 6.07) is 0. The third-order valence-corrected chi connectivity index (χ3v) is 0. The van der Waals surface area contributed by atoms with Gasteiger partial charge in [0, 0.05) is 19.5 Å². The molecule has 0 atom stereocenters. The van der Waals surface area contributed by atoms with Crippen molar-refractivity contribution in [2.45, 2.75) is 0 Å². The molecule has 0 aromatic rings. The summed E-state index contributed by atoms with van der Waals surface area (Å²) in [7, 11) is 0. The summed E-state index contributed by atoms with van der Waals surface area (Å²) in [4.78, 5) is 8.36. The van der Waals surface area contributed by atoms with Gasteiger partial charge in [0.25, 0.3) is 5.09 Å². The number of nitrogens with zero attached hydrogens (tertiary/aromatic N) is 1. The molecule has 0 fully saturated rings. The van der Waals surface area contributed by atoms with Crippen molar-refractivity contribution in [1.29, 1.82) is 0 Å². The first kappa shape index (κ1) is 47.4. The largest absolute Gasteiger partial charge is 0.412 e. The Kier molecular flexibility index (Phi) is 177. The van der Waals surface area contributed by atoms with E-state index in [9.17, 15) is 0 Å². The molecule has 0 aromatic carbocycles. The van der Waals surface area contributed by atoms with E-state index in [1.165, 1.54) is 0 Å². The molecule has 0 aromatic heterocycles. The summed E-state index contributed by atoms with van der Waals surface area (Å²) in [6.45, 7) is 0. The Morgan fingerprint density at radius 3 is 1.25 bits per heavy atom. The number of hydrogen-bond donors (Lipinski definition) is 1. The zero-order valence-electron chi connectivity index (χ0n) is 3.92. The first-order valence-electron chi connectivity index (χ1n) is 0.565. The summed E-state index contributed by atoms with van der Waals surface area (Å²) < 4.78 is 0. The van der Waals surface area contributed by atoms with Gasteiger partial charge in [-0.05, 0) is 0 Å². The summed E-state index contributed by atoms with van der Waals surface area (Å²) >= 11 is 0. The standard InChI is InChI=1S/HNO3.3H2O.Zn/c2-1(3)4;;;;/h(H,2,3,4);3*1H2;. The van der Waals surface area contributed by atoms with E-state index in [1.54, 1.807) is 0 Å². The van der Waals surface area contributed by atoms with Gasteiger partial charge in [0.1, 0.15) is 0 Å². The zero-order chi connectivity index (χ0) is 3.58. The van der Waals surface area contributed by atoms with Crippen LogP contribution in [0.2, 0.25) is 0 Å². The van der Waals surface area contributed by atoms with Crippen LogP contribution >= 0.6 is 0 Å². The second-order valence-electron chi connectivity index (χ2n) is 0.238. The monoisotopic (exact) mass is 181 g/mol. The van der Waals surface area contributed by atoms with Crippen LogP contribution in [0.4, 0.5) is 0 Å². The van der Waals surface area contributed by atoms with E-state index in [-0.39, 0.29) is 35.9 Å². The topological polar surface area (TPSA) is 158 Å². The summed E-state index contributed by atoms with van der Waals surface area (Å²) in [6.07, 6.45) is 0. The van der Waals surface area contributed by atoms with Crippen molar-refractivity contribution < 1.29 is 46.2 Å². The van der Waals surface area contributed by atoms with Crippen LogP contribution in [0, 0.1) is 10.1 Å². The Balaban J connectivity index is -0.00000000750. The number of rotatable bonds is 0. The van der Waals surface area contributed by atoms with Crippen molar-refractivity contribution in [2.24, 2.45) is 0 Å². The Labute approximate surface area is 57.1 Å². The van der Waals surface area contributed by atoms with E-state index < -0.39 is 5.09 Å². The van der Waals surface area contributed by atoms with Crippen molar-refractivity contribution in [3.05, 3.63) is 10.1 Å². The molecule has 8 heteroatoms. The van der Waals surface area contributed by atoms with Crippen molar-refractivity contribution >= 4 is 0 Å². The molecule has 0 aliphatic heterocycles. The molecule has 0 aliphatic rings. The van der Waals surface area contributed by atoms with E-state index >= 15 is 0 Å². The van der Waals surface area contributed by atoms with Gasteiger partial charge in [0.2, 0.25) is 0 Å². The minimum Gasteiger partial charge on any atom is -0.412 e. The van der Waals surface area contributed by atoms with Crippen LogP contribution in [0.1, 0.15) is 0 Å². The van der Waals surface area contributed by atoms with Crippen LogP contribution in [0.3, 0.4) is 0 Å². The van der Waals surface area contributed by atoms with Crippen LogP contribution in [-0.4, -0.2) is 26.7 Å². The molecular formula is H7NO6Zn. The second-order valence-corrected chi connectivity index (χ2v) is 0.238. The van der Waals surface area contributed by atoms with Crippen LogP contribution < -0.4 is 0 Å². The average Bonchev–Trinajstić information content (AvgIpc) is 0.811. The Morgan fingerprint density at radius 1 is 1.25 bits per heavy atom. The van der Waals surface area contributed by atoms with E-state index in [0.29, 0.717) is 0 Å². The van der Waals surface area contributed by atoms with Gasteiger partial charge in [-0.3, -0.25) is 0 Å². The molecule has 50 valence electrons. The molecule has 7 N–H and O–H groups in total. The molecule has 0 saturated carbocycles. The average molecular weight is 182 g/mol. The van der Waals surface area contributed by atoms with Gasteiger partial charge in [-0.15, -0.1) is 10.1 Å². The van der Waals surface area contributed by atoms with Gasteiger partial charge in [0.05, 0.1) is 0 Å². The normalized spacial score (nSPS) is 3.00. The van der Waals surface area contributed by atoms with Gasteiger partial charge >= 0.3 is 0 Å². The molecule has 0 spiro atoms.